The van der Waals surface area contributed by atoms with Crippen molar-refractivity contribution < 1.29 is 17.9 Å². The Labute approximate surface area is 160 Å². The highest BCUT2D eigenvalue weighted by atomic mass is 32.2. The first-order valence-electron chi connectivity index (χ1n) is 9.01. The topological polar surface area (TPSA) is 66.9 Å². The van der Waals surface area contributed by atoms with Gasteiger partial charge >= 0.3 is 0 Å². The van der Waals surface area contributed by atoms with Gasteiger partial charge in [-0.3, -0.25) is 4.79 Å². The van der Waals surface area contributed by atoms with Crippen molar-refractivity contribution in [2.45, 2.75) is 31.2 Å². The Bertz CT molecular complexity index is 910. The molecule has 7 heteroatoms. The molecule has 0 spiro atoms. The molecule has 0 N–H and O–H groups in total. The molecule has 144 valence electrons. The number of carbonyl (C=O) groups is 1. The lowest BCUT2D eigenvalue weighted by Crippen LogP contribution is -2.27. The molecule has 0 aliphatic carbocycles. The van der Waals surface area contributed by atoms with Crippen LogP contribution in [0, 0.1) is 0 Å². The standard InChI is InChI=1S/C20H24N2O4S/c1-3-26-19-8-5-4-7-16(19)15-21(2)27(24,25)18-12-10-17(11-13-18)22-14-6-9-20(22)23/h4-5,7-8,10-13H,3,6,9,14-15H2,1-2H3. The minimum Gasteiger partial charge on any atom is -0.494 e. The van der Waals surface area contributed by atoms with E-state index in [1.165, 1.54) is 4.31 Å². The zero-order chi connectivity index (χ0) is 19.4. The van der Waals surface area contributed by atoms with Crippen molar-refractivity contribution in [3.05, 3.63) is 54.1 Å². The van der Waals surface area contributed by atoms with Crippen molar-refractivity contribution in [3.8, 4) is 5.75 Å². The minimum absolute atomic E-state index is 0.0789. The van der Waals surface area contributed by atoms with E-state index in [1.807, 2.05) is 31.2 Å². The molecule has 0 radical (unpaired) electrons. The third kappa shape index (κ3) is 4.14. The summed E-state index contributed by atoms with van der Waals surface area (Å²) in [7, 11) is -2.10. The number of anilines is 1. The first-order chi connectivity index (χ1) is 12.9. The van der Waals surface area contributed by atoms with Crippen LogP contribution in [-0.2, 0) is 21.4 Å². The molecule has 0 bridgehead atoms. The Morgan fingerprint density at radius 3 is 2.44 bits per heavy atom. The molecule has 0 aromatic heterocycles. The van der Waals surface area contributed by atoms with Crippen LogP contribution in [0.4, 0.5) is 5.69 Å². The van der Waals surface area contributed by atoms with Crippen molar-refractivity contribution in [3.63, 3.8) is 0 Å². The summed E-state index contributed by atoms with van der Waals surface area (Å²) in [4.78, 5) is 13.7. The largest absolute Gasteiger partial charge is 0.494 e. The van der Waals surface area contributed by atoms with E-state index in [2.05, 4.69) is 0 Å². The average Bonchev–Trinajstić information content (AvgIpc) is 3.09. The van der Waals surface area contributed by atoms with Crippen molar-refractivity contribution >= 4 is 21.6 Å². The predicted octanol–water partition coefficient (Wildman–Crippen LogP) is 3.03. The summed E-state index contributed by atoms with van der Waals surface area (Å²) < 4.78 is 32.7. The van der Waals surface area contributed by atoms with Crippen molar-refractivity contribution in [1.29, 1.82) is 0 Å². The molecule has 2 aromatic carbocycles. The van der Waals surface area contributed by atoms with Gasteiger partial charge in [0.25, 0.3) is 0 Å². The van der Waals surface area contributed by atoms with Gasteiger partial charge in [-0.25, -0.2) is 8.42 Å². The van der Waals surface area contributed by atoms with Crippen molar-refractivity contribution in [2.24, 2.45) is 0 Å². The van der Waals surface area contributed by atoms with E-state index in [1.54, 1.807) is 36.2 Å². The van der Waals surface area contributed by atoms with Crippen LogP contribution in [-0.4, -0.2) is 38.8 Å². The van der Waals surface area contributed by atoms with Crippen LogP contribution in [0.3, 0.4) is 0 Å². The number of nitrogens with zero attached hydrogens (tertiary/aromatic N) is 2. The fourth-order valence-corrected chi connectivity index (χ4v) is 4.30. The maximum Gasteiger partial charge on any atom is 0.243 e. The number of ether oxygens (including phenoxy) is 1. The second-order valence-electron chi connectivity index (χ2n) is 6.44. The van der Waals surface area contributed by atoms with Crippen LogP contribution in [0.5, 0.6) is 5.75 Å². The van der Waals surface area contributed by atoms with Gasteiger partial charge in [0.15, 0.2) is 0 Å². The second-order valence-corrected chi connectivity index (χ2v) is 8.49. The van der Waals surface area contributed by atoms with Crippen molar-refractivity contribution in [2.75, 3.05) is 25.1 Å². The van der Waals surface area contributed by atoms with E-state index < -0.39 is 10.0 Å². The van der Waals surface area contributed by atoms with Gasteiger partial charge in [-0.15, -0.1) is 0 Å². The monoisotopic (exact) mass is 388 g/mol. The predicted molar refractivity (Wildman–Crippen MR) is 104 cm³/mol. The van der Waals surface area contributed by atoms with E-state index in [4.69, 9.17) is 4.74 Å². The van der Waals surface area contributed by atoms with E-state index >= 15 is 0 Å². The maximum absolute atomic E-state index is 12.9. The molecule has 0 unspecified atom stereocenters. The Morgan fingerprint density at radius 1 is 1.11 bits per heavy atom. The molecule has 1 amide bonds. The van der Waals surface area contributed by atoms with Gasteiger partial charge in [0, 0.05) is 37.8 Å². The second kappa shape index (κ2) is 8.10. The molecule has 1 heterocycles. The molecule has 2 aromatic rings. The highest BCUT2D eigenvalue weighted by Crippen LogP contribution is 2.26. The van der Waals surface area contributed by atoms with Crippen LogP contribution in [0.2, 0.25) is 0 Å². The molecule has 27 heavy (non-hydrogen) atoms. The van der Waals surface area contributed by atoms with Crippen LogP contribution in [0.15, 0.2) is 53.4 Å². The molecule has 0 atom stereocenters. The van der Waals surface area contributed by atoms with Gasteiger partial charge < -0.3 is 9.64 Å². The summed E-state index contributed by atoms with van der Waals surface area (Å²) in [5, 5.41) is 0. The van der Waals surface area contributed by atoms with E-state index in [0.717, 1.165) is 17.7 Å². The number of para-hydroxylation sites is 1. The van der Waals surface area contributed by atoms with Crippen molar-refractivity contribution in [1.82, 2.24) is 4.31 Å². The highest BCUT2D eigenvalue weighted by molar-refractivity contribution is 7.89. The molecule has 1 aliphatic heterocycles. The summed E-state index contributed by atoms with van der Waals surface area (Å²) in [6, 6.07) is 13.9. The lowest BCUT2D eigenvalue weighted by molar-refractivity contribution is -0.117. The number of benzene rings is 2. The Morgan fingerprint density at radius 2 is 1.81 bits per heavy atom. The number of hydrogen-bond donors (Lipinski definition) is 0. The number of sulfonamides is 1. The SMILES string of the molecule is CCOc1ccccc1CN(C)S(=O)(=O)c1ccc(N2CCCC2=O)cc1. The van der Waals surface area contributed by atoms with Gasteiger partial charge in [0.1, 0.15) is 5.75 Å². The normalized spacial score (nSPS) is 14.8. The van der Waals surface area contributed by atoms with Gasteiger partial charge in [-0.1, -0.05) is 18.2 Å². The third-order valence-corrected chi connectivity index (χ3v) is 6.41. The van der Waals surface area contributed by atoms with Crippen LogP contribution >= 0.6 is 0 Å². The maximum atomic E-state index is 12.9. The number of rotatable bonds is 7. The quantitative estimate of drug-likeness (QED) is 0.731. The first-order valence-corrected chi connectivity index (χ1v) is 10.4. The Kier molecular flexibility index (Phi) is 5.82. The molecular weight excluding hydrogens is 364 g/mol. The molecule has 1 fully saturated rings. The summed E-state index contributed by atoms with van der Waals surface area (Å²) >= 11 is 0. The fourth-order valence-electron chi connectivity index (χ4n) is 3.15. The van der Waals surface area contributed by atoms with Crippen LogP contribution in [0.25, 0.3) is 0 Å². The van der Waals surface area contributed by atoms with Gasteiger partial charge in [-0.2, -0.15) is 4.31 Å². The number of hydrogen-bond acceptors (Lipinski definition) is 4. The van der Waals surface area contributed by atoms with Gasteiger partial charge in [0.05, 0.1) is 11.5 Å². The lowest BCUT2D eigenvalue weighted by atomic mass is 10.2. The highest BCUT2D eigenvalue weighted by Gasteiger charge is 2.24. The molecule has 1 aliphatic rings. The zero-order valence-corrected chi connectivity index (χ0v) is 16.4. The Hall–Kier alpha value is -2.38. The van der Waals surface area contributed by atoms with Crippen LogP contribution in [0.1, 0.15) is 25.3 Å². The smallest absolute Gasteiger partial charge is 0.243 e. The fraction of sp³-hybridized carbons (Fsp3) is 0.350. The molecule has 3 rings (SSSR count). The average molecular weight is 388 g/mol. The molecular formula is C20H24N2O4S. The summed E-state index contributed by atoms with van der Waals surface area (Å²) in [6.07, 6.45) is 1.38. The molecule has 6 nitrogen and oxygen atoms in total. The third-order valence-electron chi connectivity index (χ3n) is 4.60. The first kappa shape index (κ1) is 19.4. The van der Waals surface area contributed by atoms with E-state index in [-0.39, 0.29) is 17.3 Å². The van der Waals surface area contributed by atoms with E-state index in [0.29, 0.717) is 25.3 Å². The zero-order valence-electron chi connectivity index (χ0n) is 15.6. The molecule has 0 saturated carbocycles. The van der Waals surface area contributed by atoms with Crippen LogP contribution < -0.4 is 9.64 Å². The summed E-state index contributed by atoms with van der Waals surface area (Å²) in [5.74, 6) is 0.764. The minimum atomic E-state index is -3.65. The van der Waals surface area contributed by atoms with E-state index in [9.17, 15) is 13.2 Å². The number of carbonyl (C=O) groups excluding carboxylic acids is 1. The Balaban J connectivity index is 1.78. The summed E-state index contributed by atoms with van der Waals surface area (Å²) in [5.41, 5.74) is 1.55. The lowest BCUT2D eigenvalue weighted by Gasteiger charge is -2.20. The molecule has 1 saturated heterocycles. The summed E-state index contributed by atoms with van der Waals surface area (Å²) in [6.45, 7) is 3.30. The number of amides is 1. The van der Waals surface area contributed by atoms with Gasteiger partial charge in [0.2, 0.25) is 15.9 Å². The van der Waals surface area contributed by atoms with Gasteiger partial charge in [-0.05, 0) is 43.7 Å².